The molecule has 1 saturated heterocycles. The van der Waals surface area contributed by atoms with E-state index in [1.165, 1.54) is 18.9 Å². The molecule has 3 rings (SSSR count). The van der Waals surface area contributed by atoms with Crippen LogP contribution in [-0.4, -0.2) is 70.7 Å². The number of benzene rings is 1. The minimum Gasteiger partial charge on any atom is -0.468 e. The maximum atomic E-state index is 12.6. The highest BCUT2D eigenvalue weighted by molar-refractivity contribution is 7.99. The maximum Gasteiger partial charge on any atom is 0.327 e. The third-order valence-corrected chi connectivity index (χ3v) is 6.01. The molecule has 0 bridgehead atoms. The van der Waals surface area contributed by atoms with Crippen molar-refractivity contribution >= 4 is 35.2 Å². The van der Waals surface area contributed by atoms with Gasteiger partial charge in [-0.3, -0.25) is 9.69 Å². The van der Waals surface area contributed by atoms with E-state index in [4.69, 9.17) is 16.3 Å². The number of amides is 1. The second-order valence-electron chi connectivity index (χ2n) is 7.12. The van der Waals surface area contributed by atoms with E-state index >= 15 is 0 Å². The summed E-state index contributed by atoms with van der Waals surface area (Å²) in [5.41, 5.74) is 2.61. The van der Waals surface area contributed by atoms with Gasteiger partial charge in [0.1, 0.15) is 6.04 Å². The van der Waals surface area contributed by atoms with Gasteiger partial charge in [-0.25, -0.2) is 14.8 Å². The molecule has 1 aliphatic heterocycles. The molecule has 0 saturated carbocycles. The number of aromatic nitrogens is 2. The van der Waals surface area contributed by atoms with Crippen LogP contribution in [0.1, 0.15) is 23.0 Å². The first-order valence-electron chi connectivity index (χ1n) is 9.67. The lowest BCUT2D eigenvalue weighted by Crippen LogP contribution is -2.51. The van der Waals surface area contributed by atoms with Gasteiger partial charge in [0, 0.05) is 42.6 Å². The Kier molecular flexibility index (Phi) is 7.69. The first-order chi connectivity index (χ1) is 14.4. The van der Waals surface area contributed by atoms with Gasteiger partial charge in [-0.15, -0.1) is 0 Å². The first-order valence-corrected chi connectivity index (χ1v) is 11.0. The Balaban J connectivity index is 1.58. The Hall–Kier alpha value is -2.16. The Morgan fingerprint density at radius 2 is 1.70 bits per heavy atom. The molecule has 9 heteroatoms. The van der Waals surface area contributed by atoms with Gasteiger partial charge < -0.3 is 9.64 Å². The van der Waals surface area contributed by atoms with Crippen LogP contribution in [0, 0.1) is 13.8 Å². The fourth-order valence-corrected chi connectivity index (χ4v) is 4.44. The van der Waals surface area contributed by atoms with Crippen molar-refractivity contribution in [3.8, 4) is 0 Å². The number of aryl methyl sites for hydroxylation is 2. The van der Waals surface area contributed by atoms with Gasteiger partial charge in [0.25, 0.3) is 0 Å². The van der Waals surface area contributed by atoms with Crippen LogP contribution in [0.2, 0.25) is 5.02 Å². The number of carbonyl (C=O) groups is 2. The minimum absolute atomic E-state index is 0.0449. The molecule has 2 heterocycles. The number of ether oxygens (including phenoxy) is 1. The quantitative estimate of drug-likeness (QED) is 0.382. The Labute approximate surface area is 185 Å². The fourth-order valence-electron chi connectivity index (χ4n) is 3.46. The molecule has 0 radical (unpaired) electrons. The number of nitrogens with zero attached hydrogens (tertiary/aromatic N) is 4. The van der Waals surface area contributed by atoms with Gasteiger partial charge in [-0.1, -0.05) is 35.5 Å². The van der Waals surface area contributed by atoms with Gasteiger partial charge in [-0.2, -0.15) is 0 Å². The molecule has 0 N–H and O–H groups in total. The lowest BCUT2D eigenvalue weighted by Gasteiger charge is -2.38. The highest BCUT2D eigenvalue weighted by Gasteiger charge is 2.32. The average molecular weight is 449 g/mol. The second-order valence-corrected chi connectivity index (χ2v) is 8.49. The summed E-state index contributed by atoms with van der Waals surface area (Å²) in [6, 6.07) is 8.59. The smallest absolute Gasteiger partial charge is 0.327 e. The molecule has 0 spiro atoms. The van der Waals surface area contributed by atoms with Gasteiger partial charge in [0.05, 0.1) is 12.9 Å². The summed E-state index contributed by atoms with van der Waals surface area (Å²) in [6.45, 7) is 6.09. The summed E-state index contributed by atoms with van der Waals surface area (Å²) in [4.78, 5) is 37.7. The third kappa shape index (κ3) is 5.71. The largest absolute Gasteiger partial charge is 0.468 e. The number of hydrogen-bond acceptors (Lipinski definition) is 7. The van der Waals surface area contributed by atoms with Gasteiger partial charge >= 0.3 is 5.97 Å². The van der Waals surface area contributed by atoms with E-state index in [-0.39, 0.29) is 11.9 Å². The molecule has 0 aliphatic carbocycles. The normalized spacial score (nSPS) is 15.7. The van der Waals surface area contributed by atoms with E-state index < -0.39 is 6.04 Å². The van der Waals surface area contributed by atoms with Gasteiger partial charge in [0.2, 0.25) is 5.91 Å². The van der Waals surface area contributed by atoms with Crippen LogP contribution in [0.15, 0.2) is 35.5 Å². The van der Waals surface area contributed by atoms with E-state index in [9.17, 15) is 9.59 Å². The second kappa shape index (κ2) is 10.2. The maximum absolute atomic E-state index is 12.6. The lowest BCUT2D eigenvalue weighted by molar-refractivity contribution is -0.148. The zero-order chi connectivity index (χ0) is 21.7. The molecule has 30 heavy (non-hydrogen) atoms. The van der Waals surface area contributed by atoms with E-state index in [1.807, 2.05) is 41.8 Å². The zero-order valence-electron chi connectivity index (χ0n) is 17.3. The van der Waals surface area contributed by atoms with Gasteiger partial charge in [-0.05, 0) is 37.6 Å². The van der Waals surface area contributed by atoms with Crippen LogP contribution in [0.3, 0.4) is 0 Å². The third-order valence-electron chi connectivity index (χ3n) is 4.93. The van der Waals surface area contributed by atoms with Crippen LogP contribution in [0.5, 0.6) is 0 Å². The molecule has 160 valence electrons. The summed E-state index contributed by atoms with van der Waals surface area (Å²) >= 11 is 7.33. The van der Waals surface area contributed by atoms with Crippen molar-refractivity contribution in [1.29, 1.82) is 0 Å². The molecule has 1 amide bonds. The van der Waals surface area contributed by atoms with Crippen LogP contribution >= 0.6 is 23.4 Å². The molecule has 1 aromatic carbocycles. The van der Waals surface area contributed by atoms with Crippen molar-refractivity contribution in [3.63, 3.8) is 0 Å². The topological polar surface area (TPSA) is 75.6 Å². The molecular formula is C21H25ClN4O3S. The lowest BCUT2D eigenvalue weighted by atomic mass is 10.0. The van der Waals surface area contributed by atoms with Crippen molar-refractivity contribution in [2.24, 2.45) is 0 Å². The van der Waals surface area contributed by atoms with Gasteiger partial charge in [0.15, 0.2) is 5.16 Å². The number of rotatable bonds is 6. The van der Waals surface area contributed by atoms with Crippen molar-refractivity contribution in [1.82, 2.24) is 19.8 Å². The number of hydrogen-bond donors (Lipinski definition) is 0. The van der Waals surface area contributed by atoms with E-state index in [2.05, 4.69) is 9.97 Å². The van der Waals surface area contributed by atoms with Crippen molar-refractivity contribution in [2.45, 2.75) is 25.0 Å². The molecule has 1 unspecified atom stereocenters. The predicted molar refractivity (Wildman–Crippen MR) is 117 cm³/mol. The zero-order valence-corrected chi connectivity index (χ0v) is 18.9. The minimum atomic E-state index is -0.512. The highest BCUT2D eigenvalue weighted by Crippen LogP contribution is 2.25. The molecule has 1 aliphatic rings. The summed E-state index contributed by atoms with van der Waals surface area (Å²) in [7, 11) is 1.39. The van der Waals surface area contributed by atoms with E-state index in [0.29, 0.717) is 42.1 Å². The number of halogens is 1. The van der Waals surface area contributed by atoms with Crippen LogP contribution in [-0.2, 0) is 14.3 Å². The summed E-state index contributed by atoms with van der Waals surface area (Å²) in [5, 5.41) is 1.23. The molecule has 1 aromatic heterocycles. The molecule has 1 fully saturated rings. The van der Waals surface area contributed by atoms with E-state index in [0.717, 1.165) is 17.0 Å². The Morgan fingerprint density at radius 3 is 2.27 bits per heavy atom. The SMILES string of the molecule is COC(=O)C(c1ccc(Cl)cc1)N1CCN(C(=O)CSc2nc(C)cc(C)n2)CC1. The molecule has 7 nitrogen and oxygen atoms in total. The number of piperazine rings is 1. The summed E-state index contributed by atoms with van der Waals surface area (Å²) in [6.07, 6.45) is 0. The molecular weight excluding hydrogens is 424 g/mol. The predicted octanol–water partition coefficient (Wildman–Crippen LogP) is 2.90. The highest BCUT2D eigenvalue weighted by atomic mass is 35.5. The molecule has 1 atom stereocenters. The summed E-state index contributed by atoms with van der Waals surface area (Å²) in [5.74, 6) is 0.0173. The van der Waals surface area contributed by atoms with Crippen LogP contribution < -0.4 is 0 Å². The van der Waals surface area contributed by atoms with Crippen LogP contribution in [0.25, 0.3) is 0 Å². The summed E-state index contributed by atoms with van der Waals surface area (Å²) < 4.78 is 5.02. The number of carbonyl (C=O) groups excluding carboxylic acids is 2. The number of methoxy groups -OCH3 is 1. The molecule has 2 aromatic rings. The Bertz CT molecular complexity index is 881. The van der Waals surface area contributed by atoms with Crippen molar-refractivity contribution < 1.29 is 14.3 Å². The average Bonchev–Trinajstić information content (AvgIpc) is 2.73. The Morgan fingerprint density at radius 1 is 1.10 bits per heavy atom. The number of esters is 1. The number of thioether (sulfide) groups is 1. The fraction of sp³-hybridized carbons (Fsp3) is 0.429. The van der Waals surface area contributed by atoms with Crippen LogP contribution in [0.4, 0.5) is 0 Å². The standard InChI is InChI=1S/C21H25ClN4O3S/c1-14-12-15(2)24-21(23-14)30-13-18(27)25-8-10-26(11-9-25)19(20(28)29-3)16-4-6-17(22)7-5-16/h4-7,12,19H,8-11,13H2,1-3H3. The first kappa shape index (κ1) is 22.5. The monoisotopic (exact) mass is 448 g/mol. The van der Waals surface area contributed by atoms with E-state index in [1.54, 1.807) is 12.1 Å². The van der Waals surface area contributed by atoms with Crippen molar-refractivity contribution in [2.75, 3.05) is 39.0 Å². The van der Waals surface area contributed by atoms with Crippen molar-refractivity contribution in [3.05, 3.63) is 52.3 Å².